The molecule has 4 rings (SSSR count). The van der Waals surface area contributed by atoms with Gasteiger partial charge in [0.2, 0.25) is 0 Å². The van der Waals surface area contributed by atoms with Crippen molar-refractivity contribution in [1.82, 2.24) is 24.9 Å². The smallest absolute Gasteiger partial charge is 0.166 e. The molecule has 0 radical (unpaired) electrons. The average Bonchev–Trinajstić information content (AvgIpc) is 3.16. The fourth-order valence-corrected chi connectivity index (χ4v) is 4.13. The van der Waals surface area contributed by atoms with Crippen LogP contribution in [0.5, 0.6) is 5.75 Å². The fraction of sp³-hybridized carbons (Fsp3) is 0.409. The van der Waals surface area contributed by atoms with Crippen molar-refractivity contribution < 1.29 is 14.2 Å². The summed E-state index contributed by atoms with van der Waals surface area (Å²) in [6, 6.07) is 6.48. The summed E-state index contributed by atoms with van der Waals surface area (Å²) < 4.78 is 22.9. The molecule has 1 aromatic carbocycles. The van der Waals surface area contributed by atoms with Gasteiger partial charge < -0.3 is 15.6 Å². The molecule has 0 amide bonds. The highest BCUT2D eigenvalue weighted by Crippen LogP contribution is 2.33. The van der Waals surface area contributed by atoms with E-state index in [9.17, 15) is 9.50 Å². The Morgan fingerprint density at radius 2 is 2.12 bits per heavy atom. The lowest BCUT2D eigenvalue weighted by molar-refractivity contribution is 0.0123. The van der Waals surface area contributed by atoms with Crippen LogP contribution in [0.1, 0.15) is 61.4 Å². The van der Waals surface area contributed by atoms with E-state index in [0.29, 0.717) is 29.5 Å². The minimum absolute atomic E-state index is 0.252. The Bertz CT molecular complexity index is 1090. The molecule has 0 bridgehead atoms. The van der Waals surface area contributed by atoms with E-state index >= 15 is 0 Å². The summed E-state index contributed by atoms with van der Waals surface area (Å²) in [6.07, 6.45) is 5.48. The summed E-state index contributed by atoms with van der Waals surface area (Å²) in [4.78, 5) is 5.83. The zero-order valence-electron chi connectivity index (χ0n) is 17.9. The highest BCUT2D eigenvalue weighted by atomic mass is 127. The minimum Gasteiger partial charge on any atom is -0.482 e. The SMILES string of the molecule is C[C@@H](Oc1cc(I)cnc1N)c1cc(F)ccc1[C@H](O)N(C)Cc1cn(C2CCC2)nn1. The number of aromatic nitrogens is 4. The molecule has 10 heteroatoms. The molecular weight excluding hydrogens is 526 g/mol. The van der Waals surface area contributed by atoms with Crippen LogP contribution in [-0.4, -0.2) is 37.0 Å². The number of rotatable bonds is 8. The molecule has 3 aromatic rings. The van der Waals surface area contributed by atoms with Crippen LogP contribution >= 0.6 is 22.6 Å². The number of ether oxygens (including phenoxy) is 1. The Morgan fingerprint density at radius 3 is 2.84 bits per heavy atom. The molecule has 2 heterocycles. The Labute approximate surface area is 199 Å². The van der Waals surface area contributed by atoms with E-state index in [0.717, 1.165) is 22.1 Å². The molecule has 0 aliphatic heterocycles. The molecule has 0 unspecified atom stereocenters. The van der Waals surface area contributed by atoms with E-state index in [1.165, 1.54) is 18.6 Å². The van der Waals surface area contributed by atoms with E-state index in [2.05, 4.69) is 37.9 Å². The first-order valence-electron chi connectivity index (χ1n) is 10.5. The fourth-order valence-electron chi connectivity index (χ4n) is 3.71. The summed E-state index contributed by atoms with van der Waals surface area (Å²) in [6.45, 7) is 2.18. The van der Waals surface area contributed by atoms with E-state index in [4.69, 9.17) is 10.5 Å². The third-order valence-electron chi connectivity index (χ3n) is 5.75. The van der Waals surface area contributed by atoms with Gasteiger partial charge in [-0.05, 0) is 74.0 Å². The van der Waals surface area contributed by atoms with Gasteiger partial charge >= 0.3 is 0 Å². The second-order valence-corrected chi connectivity index (χ2v) is 9.38. The first kappa shape index (κ1) is 22.9. The van der Waals surface area contributed by atoms with Gasteiger partial charge in [0.15, 0.2) is 11.6 Å². The number of hydrogen-bond donors (Lipinski definition) is 2. The summed E-state index contributed by atoms with van der Waals surface area (Å²) in [5.41, 5.74) is 7.77. The Morgan fingerprint density at radius 1 is 1.34 bits per heavy atom. The molecule has 0 spiro atoms. The Hall–Kier alpha value is -2.31. The molecule has 1 fully saturated rings. The first-order chi connectivity index (χ1) is 15.3. The van der Waals surface area contributed by atoms with Gasteiger partial charge in [-0.3, -0.25) is 4.90 Å². The van der Waals surface area contributed by atoms with Crippen LogP contribution in [-0.2, 0) is 6.54 Å². The quantitative estimate of drug-likeness (QED) is 0.322. The zero-order valence-corrected chi connectivity index (χ0v) is 20.1. The van der Waals surface area contributed by atoms with Crippen LogP contribution in [0.4, 0.5) is 10.2 Å². The topological polar surface area (TPSA) is 102 Å². The van der Waals surface area contributed by atoms with Crippen LogP contribution < -0.4 is 10.5 Å². The summed E-state index contributed by atoms with van der Waals surface area (Å²) >= 11 is 2.12. The number of nitrogens with two attached hydrogens (primary N) is 1. The minimum atomic E-state index is -0.989. The van der Waals surface area contributed by atoms with Gasteiger partial charge in [-0.25, -0.2) is 14.1 Å². The van der Waals surface area contributed by atoms with Gasteiger partial charge in [-0.1, -0.05) is 11.3 Å². The standard InChI is InChI=1S/C22H26FIN6O2/c1-13(32-20-9-15(24)10-26-21(20)25)19-8-14(23)6-7-18(19)22(31)29(2)11-16-12-30(28-27-16)17-4-3-5-17/h6-10,12-13,17,22,31H,3-5,11H2,1-2H3,(H2,25,26)/t13-,22+/m1/s1. The lowest BCUT2D eigenvalue weighted by atomic mass is 9.93. The second-order valence-electron chi connectivity index (χ2n) is 8.13. The number of halogens is 2. The van der Waals surface area contributed by atoms with Crippen molar-refractivity contribution in [2.75, 3.05) is 12.8 Å². The molecule has 8 nitrogen and oxygen atoms in total. The van der Waals surface area contributed by atoms with Crippen molar-refractivity contribution in [1.29, 1.82) is 0 Å². The van der Waals surface area contributed by atoms with Gasteiger partial charge in [0.05, 0.1) is 17.9 Å². The van der Waals surface area contributed by atoms with Crippen LogP contribution in [0, 0.1) is 9.39 Å². The van der Waals surface area contributed by atoms with Crippen molar-refractivity contribution in [3.05, 3.63) is 62.9 Å². The highest BCUT2D eigenvalue weighted by Gasteiger charge is 2.24. The van der Waals surface area contributed by atoms with Crippen LogP contribution in [0.2, 0.25) is 0 Å². The number of nitrogens with zero attached hydrogens (tertiary/aromatic N) is 5. The van der Waals surface area contributed by atoms with E-state index in [1.807, 2.05) is 10.9 Å². The lowest BCUT2D eigenvalue weighted by Gasteiger charge is -2.27. The van der Waals surface area contributed by atoms with Crippen molar-refractivity contribution in [3.63, 3.8) is 0 Å². The molecule has 32 heavy (non-hydrogen) atoms. The van der Waals surface area contributed by atoms with Crippen molar-refractivity contribution in [2.45, 2.75) is 51.1 Å². The van der Waals surface area contributed by atoms with Gasteiger partial charge in [0.1, 0.15) is 18.1 Å². The third kappa shape index (κ3) is 5.02. The molecule has 2 atom stereocenters. The molecular formula is C22H26FIN6O2. The van der Waals surface area contributed by atoms with E-state index in [-0.39, 0.29) is 5.82 Å². The molecule has 1 saturated carbocycles. The number of pyridine rings is 1. The Balaban J connectivity index is 1.52. The molecule has 3 N–H and O–H groups in total. The maximum Gasteiger partial charge on any atom is 0.166 e. The van der Waals surface area contributed by atoms with Gasteiger partial charge in [0.25, 0.3) is 0 Å². The third-order valence-corrected chi connectivity index (χ3v) is 6.34. The number of anilines is 1. The predicted octanol–water partition coefficient (Wildman–Crippen LogP) is 3.99. The normalized spacial score (nSPS) is 16.1. The second kappa shape index (κ2) is 9.67. The molecule has 1 aliphatic carbocycles. The van der Waals surface area contributed by atoms with E-state index < -0.39 is 18.1 Å². The number of benzene rings is 1. The molecule has 1 aliphatic rings. The number of aliphatic hydroxyl groups is 1. The summed E-state index contributed by atoms with van der Waals surface area (Å²) in [5, 5.41) is 19.5. The van der Waals surface area contributed by atoms with Gasteiger partial charge in [0, 0.05) is 27.4 Å². The number of hydrogen-bond acceptors (Lipinski definition) is 7. The maximum absolute atomic E-state index is 14.1. The van der Waals surface area contributed by atoms with Crippen LogP contribution in [0.3, 0.4) is 0 Å². The van der Waals surface area contributed by atoms with Crippen LogP contribution in [0.15, 0.2) is 36.7 Å². The van der Waals surface area contributed by atoms with Crippen molar-refractivity contribution in [3.8, 4) is 5.75 Å². The molecule has 2 aromatic heterocycles. The zero-order chi connectivity index (χ0) is 22.8. The van der Waals surface area contributed by atoms with Gasteiger partial charge in [-0.15, -0.1) is 5.10 Å². The largest absolute Gasteiger partial charge is 0.482 e. The van der Waals surface area contributed by atoms with Crippen molar-refractivity contribution in [2.24, 2.45) is 0 Å². The average molecular weight is 552 g/mol. The summed E-state index contributed by atoms with van der Waals surface area (Å²) in [5.74, 6) is 0.253. The first-order valence-corrected chi connectivity index (χ1v) is 11.6. The predicted molar refractivity (Wildman–Crippen MR) is 126 cm³/mol. The maximum atomic E-state index is 14.1. The van der Waals surface area contributed by atoms with E-state index in [1.54, 1.807) is 37.2 Å². The molecule has 170 valence electrons. The highest BCUT2D eigenvalue weighted by molar-refractivity contribution is 14.1. The molecule has 0 saturated heterocycles. The Kier molecular flexibility index (Phi) is 6.91. The summed E-state index contributed by atoms with van der Waals surface area (Å²) in [7, 11) is 1.78. The number of nitrogen functional groups attached to an aromatic ring is 1. The monoisotopic (exact) mass is 552 g/mol. The van der Waals surface area contributed by atoms with Crippen LogP contribution in [0.25, 0.3) is 0 Å². The van der Waals surface area contributed by atoms with Gasteiger partial charge in [-0.2, -0.15) is 0 Å². The number of aliphatic hydroxyl groups excluding tert-OH is 1. The lowest BCUT2D eigenvalue weighted by Crippen LogP contribution is -2.26. The van der Waals surface area contributed by atoms with Crippen molar-refractivity contribution >= 4 is 28.4 Å².